The first-order chi connectivity index (χ1) is 11.3. The fourth-order valence-corrected chi connectivity index (χ4v) is 2.98. The number of anilines is 1. The topological polar surface area (TPSA) is 45.7 Å². The maximum atomic E-state index is 12.2. The predicted molar refractivity (Wildman–Crippen MR) is 96.5 cm³/mol. The van der Waals surface area contributed by atoms with E-state index < -0.39 is 5.60 Å². The zero-order valence-electron chi connectivity index (χ0n) is 14.9. The third-order valence-corrected chi connectivity index (χ3v) is 4.08. The smallest absolute Gasteiger partial charge is 0.410 e. The number of rotatable bonds is 1. The second kappa shape index (κ2) is 6.30. The quantitative estimate of drug-likeness (QED) is 0.803. The summed E-state index contributed by atoms with van der Waals surface area (Å²) in [6, 6.07) is 10.4. The molecule has 1 fully saturated rings. The van der Waals surface area contributed by atoms with Crippen molar-refractivity contribution in [3.63, 3.8) is 0 Å². The van der Waals surface area contributed by atoms with Crippen LogP contribution in [0.5, 0.6) is 0 Å². The fraction of sp³-hybridized carbons (Fsp3) is 0.474. The Hall–Kier alpha value is -2.30. The minimum Gasteiger partial charge on any atom is -0.444 e. The number of hydrogen-bond acceptors (Lipinski definition) is 4. The lowest BCUT2D eigenvalue weighted by atomic mass is 10.1. The molecular weight excluding hydrogens is 302 g/mol. The van der Waals surface area contributed by atoms with Crippen LogP contribution in [0.4, 0.5) is 10.6 Å². The van der Waals surface area contributed by atoms with Crippen LogP contribution in [0.3, 0.4) is 0 Å². The molecule has 0 unspecified atom stereocenters. The van der Waals surface area contributed by atoms with E-state index in [-0.39, 0.29) is 6.09 Å². The van der Waals surface area contributed by atoms with Gasteiger partial charge in [0, 0.05) is 37.3 Å². The SMILES string of the molecule is Cc1cc2ccccc2c(N2CCN(C(=O)OC(C)(C)C)CC2)n1. The molecule has 0 spiro atoms. The van der Waals surface area contributed by atoms with Gasteiger partial charge < -0.3 is 14.5 Å². The summed E-state index contributed by atoms with van der Waals surface area (Å²) in [5, 5.41) is 2.36. The van der Waals surface area contributed by atoms with E-state index >= 15 is 0 Å². The number of pyridine rings is 1. The predicted octanol–water partition coefficient (Wildman–Crippen LogP) is 3.60. The lowest BCUT2D eigenvalue weighted by Gasteiger charge is -2.36. The largest absolute Gasteiger partial charge is 0.444 e. The van der Waals surface area contributed by atoms with E-state index in [1.54, 1.807) is 4.90 Å². The van der Waals surface area contributed by atoms with Gasteiger partial charge in [-0.05, 0) is 39.1 Å². The molecule has 2 heterocycles. The molecule has 0 saturated carbocycles. The molecule has 0 atom stereocenters. The van der Waals surface area contributed by atoms with Crippen molar-refractivity contribution < 1.29 is 9.53 Å². The maximum Gasteiger partial charge on any atom is 0.410 e. The average Bonchev–Trinajstić information content (AvgIpc) is 2.52. The van der Waals surface area contributed by atoms with Crippen molar-refractivity contribution in [1.82, 2.24) is 9.88 Å². The molecule has 1 saturated heterocycles. The standard InChI is InChI=1S/C19H25N3O2/c1-14-13-15-7-5-6-8-16(15)17(20-14)21-9-11-22(12-10-21)18(23)24-19(2,3)4/h5-8,13H,9-12H2,1-4H3. The van der Waals surface area contributed by atoms with Gasteiger partial charge in [0.15, 0.2) is 0 Å². The Morgan fingerprint density at radius 2 is 1.79 bits per heavy atom. The van der Waals surface area contributed by atoms with Crippen molar-refractivity contribution in [1.29, 1.82) is 0 Å². The van der Waals surface area contributed by atoms with Gasteiger partial charge in [-0.2, -0.15) is 0 Å². The molecule has 0 N–H and O–H groups in total. The molecule has 5 heteroatoms. The Kier molecular flexibility index (Phi) is 4.35. The summed E-state index contributed by atoms with van der Waals surface area (Å²) < 4.78 is 5.46. The van der Waals surface area contributed by atoms with Crippen molar-refractivity contribution in [2.45, 2.75) is 33.3 Å². The molecule has 2 aromatic rings. The molecule has 5 nitrogen and oxygen atoms in total. The van der Waals surface area contributed by atoms with E-state index in [9.17, 15) is 4.79 Å². The van der Waals surface area contributed by atoms with Gasteiger partial charge in [-0.3, -0.25) is 0 Å². The van der Waals surface area contributed by atoms with Crippen LogP contribution < -0.4 is 4.90 Å². The van der Waals surface area contributed by atoms with E-state index in [2.05, 4.69) is 23.1 Å². The first-order valence-electron chi connectivity index (χ1n) is 8.43. The molecule has 1 aliphatic heterocycles. The number of ether oxygens (including phenoxy) is 1. The molecule has 1 amide bonds. The van der Waals surface area contributed by atoms with E-state index in [0.29, 0.717) is 13.1 Å². The van der Waals surface area contributed by atoms with Gasteiger partial charge in [-0.1, -0.05) is 24.3 Å². The molecular formula is C19H25N3O2. The summed E-state index contributed by atoms with van der Waals surface area (Å²) in [4.78, 5) is 21.0. The van der Waals surface area contributed by atoms with Crippen LogP contribution in [0.15, 0.2) is 30.3 Å². The van der Waals surface area contributed by atoms with Gasteiger partial charge in [0.1, 0.15) is 11.4 Å². The number of hydrogen-bond donors (Lipinski definition) is 0. The number of nitrogens with zero attached hydrogens (tertiary/aromatic N) is 3. The molecule has 0 bridgehead atoms. The van der Waals surface area contributed by atoms with E-state index in [4.69, 9.17) is 9.72 Å². The van der Waals surface area contributed by atoms with Crippen molar-refractivity contribution in [3.05, 3.63) is 36.0 Å². The highest BCUT2D eigenvalue weighted by Gasteiger charge is 2.26. The summed E-state index contributed by atoms with van der Waals surface area (Å²) in [6.07, 6.45) is -0.232. The molecule has 128 valence electrons. The Morgan fingerprint density at radius 1 is 1.12 bits per heavy atom. The van der Waals surface area contributed by atoms with Crippen molar-refractivity contribution in [2.75, 3.05) is 31.1 Å². The summed E-state index contributed by atoms with van der Waals surface area (Å²) in [5.41, 5.74) is 0.556. The summed E-state index contributed by atoms with van der Waals surface area (Å²) in [7, 11) is 0. The summed E-state index contributed by atoms with van der Waals surface area (Å²) in [5.74, 6) is 1.01. The molecule has 3 rings (SSSR count). The van der Waals surface area contributed by atoms with Crippen molar-refractivity contribution >= 4 is 22.7 Å². The van der Waals surface area contributed by atoms with Crippen LogP contribution in [0, 0.1) is 6.92 Å². The zero-order valence-corrected chi connectivity index (χ0v) is 14.9. The number of benzene rings is 1. The Bertz CT molecular complexity index is 744. The third kappa shape index (κ3) is 3.61. The third-order valence-electron chi connectivity index (χ3n) is 4.08. The van der Waals surface area contributed by atoms with Crippen LogP contribution in [0.25, 0.3) is 10.8 Å². The average molecular weight is 327 g/mol. The molecule has 0 radical (unpaired) electrons. The second-order valence-electron chi connectivity index (χ2n) is 7.26. The number of aromatic nitrogens is 1. The molecule has 24 heavy (non-hydrogen) atoms. The molecule has 1 aliphatic rings. The van der Waals surface area contributed by atoms with Crippen LogP contribution in [-0.2, 0) is 4.74 Å². The number of piperazine rings is 1. The lowest BCUT2D eigenvalue weighted by Crippen LogP contribution is -2.50. The van der Waals surface area contributed by atoms with Gasteiger partial charge in [0.25, 0.3) is 0 Å². The van der Waals surface area contributed by atoms with E-state index in [1.165, 1.54) is 5.39 Å². The highest BCUT2D eigenvalue weighted by Crippen LogP contribution is 2.26. The first kappa shape index (κ1) is 16.6. The highest BCUT2D eigenvalue weighted by molar-refractivity contribution is 5.92. The Balaban J connectivity index is 1.75. The minimum absolute atomic E-state index is 0.232. The van der Waals surface area contributed by atoms with Crippen molar-refractivity contribution in [2.24, 2.45) is 0 Å². The zero-order chi connectivity index (χ0) is 17.3. The monoisotopic (exact) mass is 327 g/mol. The second-order valence-corrected chi connectivity index (χ2v) is 7.26. The van der Waals surface area contributed by atoms with Gasteiger partial charge in [0.05, 0.1) is 0 Å². The number of carbonyl (C=O) groups is 1. The highest BCUT2D eigenvalue weighted by atomic mass is 16.6. The van der Waals surface area contributed by atoms with Crippen molar-refractivity contribution in [3.8, 4) is 0 Å². The Labute approximate surface area is 143 Å². The summed E-state index contributed by atoms with van der Waals surface area (Å²) >= 11 is 0. The normalized spacial score (nSPS) is 15.7. The van der Waals surface area contributed by atoms with Gasteiger partial charge in [-0.15, -0.1) is 0 Å². The van der Waals surface area contributed by atoms with Crippen LogP contribution >= 0.6 is 0 Å². The first-order valence-corrected chi connectivity index (χ1v) is 8.43. The fourth-order valence-electron chi connectivity index (χ4n) is 2.98. The van der Waals surface area contributed by atoms with E-state index in [1.807, 2.05) is 39.8 Å². The van der Waals surface area contributed by atoms with Crippen LogP contribution in [0.2, 0.25) is 0 Å². The van der Waals surface area contributed by atoms with Gasteiger partial charge in [-0.25, -0.2) is 9.78 Å². The lowest BCUT2D eigenvalue weighted by molar-refractivity contribution is 0.0240. The molecule has 1 aromatic carbocycles. The number of carbonyl (C=O) groups excluding carboxylic acids is 1. The van der Waals surface area contributed by atoms with Crippen LogP contribution in [-0.4, -0.2) is 47.8 Å². The number of aryl methyl sites for hydroxylation is 1. The van der Waals surface area contributed by atoms with Gasteiger partial charge in [0.2, 0.25) is 0 Å². The molecule has 0 aliphatic carbocycles. The molecule has 1 aromatic heterocycles. The summed E-state index contributed by atoms with van der Waals surface area (Å²) in [6.45, 7) is 10.5. The van der Waals surface area contributed by atoms with Crippen LogP contribution in [0.1, 0.15) is 26.5 Å². The van der Waals surface area contributed by atoms with E-state index in [0.717, 1.165) is 30.0 Å². The number of amides is 1. The minimum atomic E-state index is -0.456. The maximum absolute atomic E-state index is 12.2. The Morgan fingerprint density at radius 3 is 2.46 bits per heavy atom. The number of fused-ring (bicyclic) bond motifs is 1. The van der Waals surface area contributed by atoms with Gasteiger partial charge >= 0.3 is 6.09 Å².